The molecule has 14 heavy (non-hydrogen) atoms. The number of nitrogens with zero attached hydrogens (tertiary/aromatic N) is 1. The number of nitrogens with one attached hydrogen (secondary N) is 1. The molecule has 0 bridgehead atoms. The van der Waals surface area contributed by atoms with Gasteiger partial charge in [0.05, 0.1) is 20.2 Å². The van der Waals surface area contributed by atoms with Crippen LogP contribution in [0.5, 0.6) is 0 Å². The molecule has 1 saturated carbocycles. The number of likely N-dealkylation sites (N-methyl/N-ethyl adjacent to an activating group) is 1. The Bertz CT molecular complexity index is 226. The van der Waals surface area contributed by atoms with Crippen LogP contribution in [0.4, 0.5) is 0 Å². The van der Waals surface area contributed by atoms with E-state index in [4.69, 9.17) is 0 Å². The lowest BCUT2D eigenvalue weighted by molar-refractivity contribution is -0.139. The first-order chi connectivity index (χ1) is 6.65. The Morgan fingerprint density at radius 2 is 2.07 bits per heavy atom. The lowest BCUT2D eigenvalue weighted by Crippen LogP contribution is -2.38. The number of carbonyl (C=O) groups excluding carboxylic acids is 2. The van der Waals surface area contributed by atoms with E-state index >= 15 is 0 Å². The first kappa shape index (κ1) is 11.0. The van der Waals surface area contributed by atoms with Gasteiger partial charge in [0, 0.05) is 13.1 Å². The Balaban J connectivity index is 2.11. The van der Waals surface area contributed by atoms with Crippen molar-refractivity contribution in [3.63, 3.8) is 0 Å². The highest BCUT2D eigenvalue weighted by atomic mass is 16.5. The third-order valence-corrected chi connectivity index (χ3v) is 2.26. The van der Waals surface area contributed by atoms with E-state index in [1.807, 2.05) is 0 Å². The van der Waals surface area contributed by atoms with Crippen molar-refractivity contribution in [3.05, 3.63) is 0 Å². The molecular weight excluding hydrogens is 184 g/mol. The van der Waals surface area contributed by atoms with Crippen LogP contribution >= 0.6 is 0 Å². The van der Waals surface area contributed by atoms with E-state index in [0.29, 0.717) is 6.04 Å². The maximum atomic E-state index is 11.4. The topological polar surface area (TPSA) is 58.6 Å². The molecule has 1 N–H and O–H groups in total. The number of rotatable bonds is 5. The second kappa shape index (κ2) is 4.95. The van der Waals surface area contributed by atoms with E-state index < -0.39 is 0 Å². The van der Waals surface area contributed by atoms with Gasteiger partial charge in [0.15, 0.2) is 0 Å². The van der Waals surface area contributed by atoms with E-state index in [-0.39, 0.29) is 25.0 Å². The van der Waals surface area contributed by atoms with Gasteiger partial charge >= 0.3 is 5.97 Å². The van der Waals surface area contributed by atoms with Crippen LogP contribution < -0.4 is 5.32 Å². The highest BCUT2D eigenvalue weighted by Crippen LogP contribution is 2.24. The molecule has 1 fully saturated rings. The van der Waals surface area contributed by atoms with Crippen molar-refractivity contribution in [2.24, 2.45) is 0 Å². The monoisotopic (exact) mass is 200 g/mol. The summed E-state index contributed by atoms with van der Waals surface area (Å²) in [6.45, 7) is 0.281. The van der Waals surface area contributed by atoms with Crippen LogP contribution in [-0.4, -0.2) is 50.1 Å². The van der Waals surface area contributed by atoms with Gasteiger partial charge in [0.1, 0.15) is 0 Å². The minimum atomic E-state index is -0.355. The van der Waals surface area contributed by atoms with E-state index in [1.54, 1.807) is 11.9 Å². The van der Waals surface area contributed by atoms with Crippen molar-refractivity contribution < 1.29 is 14.3 Å². The molecule has 0 spiro atoms. The van der Waals surface area contributed by atoms with Crippen molar-refractivity contribution in [1.82, 2.24) is 10.2 Å². The molecule has 0 unspecified atom stereocenters. The molecule has 1 rings (SSSR count). The summed E-state index contributed by atoms with van der Waals surface area (Å²) in [5, 5.41) is 2.73. The van der Waals surface area contributed by atoms with E-state index in [9.17, 15) is 9.59 Å². The average molecular weight is 200 g/mol. The summed E-state index contributed by atoms with van der Waals surface area (Å²) >= 11 is 0. The maximum Gasteiger partial charge on any atom is 0.319 e. The molecule has 0 heterocycles. The fourth-order valence-corrected chi connectivity index (χ4v) is 1.13. The van der Waals surface area contributed by atoms with Gasteiger partial charge < -0.3 is 9.64 Å². The summed E-state index contributed by atoms with van der Waals surface area (Å²) in [4.78, 5) is 23.8. The Morgan fingerprint density at radius 3 is 2.57 bits per heavy atom. The van der Waals surface area contributed by atoms with Crippen LogP contribution in [-0.2, 0) is 14.3 Å². The molecule has 0 aromatic rings. The number of hydrogen-bond donors (Lipinski definition) is 1. The first-order valence-electron chi connectivity index (χ1n) is 4.68. The van der Waals surface area contributed by atoms with Crippen molar-refractivity contribution in [3.8, 4) is 0 Å². The minimum absolute atomic E-state index is 0.0244. The molecule has 0 saturated heterocycles. The molecular formula is C9H16N2O3. The van der Waals surface area contributed by atoms with E-state index in [1.165, 1.54) is 7.11 Å². The SMILES string of the molecule is COC(=O)CNCC(=O)N(C)C1CC1. The summed E-state index contributed by atoms with van der Waals surface area (Å²) in [6, 6.07) is 0.419. The molecule has 80 valence electrons. The smallest absolute Gasteiger partial charge is 0.319 e. The number of hydrogen-bond acceptors (Lipinski definition) is 4. The van der Waals surface area contributed by atoms with E-state index in [0.717, 1.165) is 12.8 Å². The number of methoxy groups -OCH3 is 1. The summed E-state index contributed by atoms with van der Waals surface area (Å²) in [6.07, 6.45) is 2.19. The molecule has 1 aliphatic carbocycles. The van der Waals surface area contributed by atoms with E-state index in [2.05, 4.69) is 10.1 Å². The quantitative estimate of drug-likeness (QED) is 0.600. The number of esters is 1. The Morgan fingerprint density at radius 1 is 1.43 bits per heavy atom. The highest BCUT2D eigenvalue weighted by Gasteiger charge is 2.29. The second-order valence-electron chi connectivity index (χ2n) is 3.42. The van der Waals surface area contributed by atoms with Gasteiger partial charge in [0.25, 0.3) is 0 Å². The third kappa shape index (κ3) is 3.33. The van der Waals surface area contributed by atoms with Crippen LogP contribution in [0, 0.1) is 0 Å². The summed E-state index contributed by atoms with van der Waals surface area (Å²) in [5.41, 5.74) is 0. The zero-order chi connectivity index (χ0) is 10.6. The number of ether oxygens (including phenoxy) is 1. The standard InChI is InChI=1S/C9H16N2O3/c1-11(7-3-4-7)8(12)5-10-6-9(13)14-2/h7,10H,3-6H2,1-2H3. The van der Waals surface area contributed by atoms with Crippen LogP contribution in [0.25, 0.3) is 0 Å². The fraction of sp³-hybridized carbons (Fsp3) is 0.778. The Hall–Kier alpha value is -1.10. The zero-order valence-electron chi connectivity index (χ0n) is 8.58. The molecule has 0 atom stereocenters. The lowest BCUT2D eigenvalue weighted by atomic mass is 10.4. The van der Waals surface area contributed by atoms with Gasteiger partial charge in [-0.2, -0.15) is 0 Å². The largest absolute Gasteiger partial charge is 0.468 e. The van der Waals surface area contributed by atoms with Crippen LogP contribution in [0.3, 0.4) is 0 Å². The number of amides is 1. The van der Waals surface area contributed by atoms with Gasteiger partial charge in [-0.1, -0.05) is 0 Å². The number of carbonyl (C=O) groups is 2. The van der Waals surface area contributed by atoms with Gasteiger partial charge in [-0.25, -0.2) is 0 Å². The first-order valence-corrected chi connectivity index (χ1v) is 4.68. The van der Waals surface area contributed by atoms with Crippen molar-refractivity contribution in [2.75, 3.05) is 27.2 Å². The van der Waals surface area contributed by atoms with Crippen molar-refractivity contribution in [1.29, 1.82) is 0 Å². The van der Waals surface area contributed by atoms with Crippen LogP contribution in [0.1, 0.15) is 12.8 Å². The maximum absolute atomic E-state index is 11.4. The highest BCUT2D eigenvalue weighted by molar-refractivity contribution is 5.79. The lowest BCUT2D eigenvalue weighted by Gasteiger charge is -2.16. The molecule has 0 aromatic carbocycles. The molecule has 0 aromatic heterocycles. The molecule has 1 amide bonds. The average Bonchev–Trinajstić information content (AvgIpc) is 2.99. The molecule has 0 radical (unpaired) electrons. The fourth-order valence-electron chi connectivity index (χ4n) is 1.13. The zero-order valence-corrected chi connectivity index (χ0v) is 8.58. The van der Waals surface area contributed by atoms with Crippen LogP contribution in [0.15, 0.2) is 0 Å². The van der Waals surface area contributed by atoms with Crippen molar-refractivity contribution in [2.45, 2.75) is 18.9 Å². The van der Waals surface area contributed by atoms with Gasteiger partial charge in [0.2, 0.25) is 5.91 Å². The predicted molar refractivity (Wildman–Crippen MR) is 50.7 cm³/mol. The molecule has 5 heteroatoms. The van der Waals surface area contributed by atoms with Gasteiger partial charge in [-0.05, 0) is 12.8 Å². The Kier molecular flexibility index (Phi) is 3.88. The van der Waals surface area contributed by atoms with Crippen LogP contribution in [0.2, 0.25) is 0 Å². The Labute approximate surface area is 83.4 Å². The molecule has 1 aliphatic rings. The summed E-state index contributed by atoms with van der Waals surface area (Å²) in [5.74, 6) is -0.330. The minimum Gasteiger partial charge on any atom is -0.468 e. The molecule has 5 nitrogen and oxygen atoms in total. The van der Waals surface area contributed by atoms with Gasteiger partial charge in [-0.15, -0.1) is 0 Å². The second-order valence-corrected chi connectivity index (χ2v) is 3.42. The van der Waals surface area contributed by atoms with Crippen molar-refractivity contribution >= 4 is 11.9 Å². The predicted octanol–water partition coefficient (Wildman–Crippen LogP) is -0.630. The third-order valence-electron chi connectivity index (χ3n) is 2.26. The normalized spacial score (nSPS) is 15.0. The summed E-state index contributed by atoms with van der Waals surface area (Å²) in [7, 11) is 3.11. The molecule has 0 aliphatic heterocycles. The van der Waals surface area contributed by atoms with Gasteiger partial charge in [-0.3, -0.25) is 14.9 Å². The summed E-state index contributed by atoms with van der Waals surface area (Å²) < 4.78 is 4.43.